The number of aliphatic hydroxyl groups excluding tert-OH is 2. The Labute approximate surface area is 66.0 Å². The van der Waals surface area contributed by atoms with Crippen LogP contribution in [0.1, 0.15) is 26.2 Å². The topological polar surface area (TPSA) is 49.7 Å². The summed E-state index contributed by atoms with van der Waals surface area (Å²) >= 11 is 0. The third kappa shape index (κ3) is 0.991. The lowest BCUT2D eigenvalue weighted by Crippen LogP contribution is -2.39. The maximum atomic E-state index is 9.54. The van der Waals surface area contributed by atoms with Gasteiger partial charge in [-0.15, -0.1) is 0 Å². The van der Waals surface area contributed by atoms with E-state index in [2.05, 4.69) is 0 Å². The van der Waals surface area contributed by atoms with Crippen molar-refractivity contribution in [1.82, 2.24) is 0 Å². The average Bonchev–Trinajstić information content (AvgIpc) is 2.62. The molecule has 0 aromatic carbocycles. The molecular formula is C8H14O3. The molecule has 1 aliphatic carbocycles. The van der Waals surface area contributed by atoms with Gasteiger partial charge in [0.25, 0.3) is 0 Å². The minimum absolute atomic E-state index is 0.0586. The highest BCUT2D eigenvalue weighted by Gasteiger charge is 2.58. The smallest absolute Gasteiger partial charge is 0.115 e. The number of ether oxygens (including phenoxy) is 1. The van der Waals surface area contributed by atoms with Crippen molar-refractivity contribution in [2.45, 2.75) is 43.5 Å². The minimum atomic E-state index is -0.698. The van der Waals surface area contributed by atoms with E-state index in [1.807, 2.05) is 0 Å². The van der Waals surface area contributed by atoms with Crippen LogP contribution in [-0.4, -0.2) is 34.1 Å². The molecule has 2 fully saturated rings. The van der Waals surface area contributed by atoms with Gasteiger partial charge < -0.3 is 14.9 Å². The Morgan fingerprint density at radius 1 is 1.55 bits per heavy atom. The number of aliphatic hydroxyl groups is 2. The summed E-state index contributed by atoms with van der Waals surface area (Å²) in [5.74, 6) is 0. The molecule has 2 N–H and O–H groups in total. The van der Waals surface area contributed by atoms with Gasteiger partial charge >= 0.3 is 0 Å². The van der Waals surface area contributed by atoms with Gasteiger partial charge in [-0.25, -0.2) is 0 Å². The van der Waals surface area contributed by atoms with E-state index in [9.17, 15) is 5.11 Å². The molecule has 3 nitrogen and oxygen atoms in total. The van der Waals surface area contributed by atoms with Crippen LogP contribution in [0.25, 0.3) is 0 Å². The summed E-state index contributed by atoms with van der Waals surface area (Å²) in [6, 6.07) is 0. The summed E-state index contributed by atoms with van der Waals surface area (Å²) in [5, 5.41) is 18.5. The van der Waals surface area contributed by atoms with Crippen molar-refractivity contribution in [3.8, 4) is 0 Å². The lowest BCUT2D eigenvalue weighted by Gasteiger charge is -2.24. The zero-order chi connectivity index (χ0) is 8.11. The second-order valence-electron chi connectivity index (χ2n) is 3.98. The fourth-order valence-electron chi connectivity index (χ4n) is 1.76. The van der Waals surface area contributed by atoms with Crippen LogP contribution in [0.3, 0.4) is 0 Å². The molecule has 0 radical (unpaired) electrons. The predicted octanol–water partition coefficient (Wildman–Crippen LogP) is 0.0512. The van der Waals surface area contributed by atoms with Gasteiger partial charge in [0.05, 0.1) is 18.3 Å². The Kier molecular flexibility index (Phi) is 1.35. The Morgan fingerprint density at radius 2 is 2.18 bits per heavy atom. The van der Waals surface area contributed by atoms with E-state index < -0.39 is 11.7 Å². The van der Waals surface area contributed by atoms with Gasteiger partial charge in [0.1, 0.15) is 5.60 Å². The number of hydrogen-bond donors (Lipinski definition) is 2. The fraction of sp³-hybridized carbons (Fsp3) is 1.00. The van der Waals surface area contributed by atoms with E-state index in [-0.39, 0.29) is 12.2 Å². The van der Waals surface area contributed by atoms with Crippen LogP contribution in [-0.2, 0) is 4.74 Å². The van der Waals surface area contributed by atoms with Gasteiger partial charge in [0.2, 0.25) is 0 Å². The molecule has 64 valence electrons. The van der Waals surface area contributed by atoms with Gasteiger partial charge in [-0.1, -0.05) is 0 Å². The van der Waals surface area contributed by atoms with Gasteiger partial charge in [0, 0.05) is 6.42 Å². The molecule has 1 aliphatic heterocycles. The van der Waals surface area contributed by atoms with Crippen molar-refractivity contribution in [3.05, 3.63) is 0 Å². The molecule has 0 bridgehead atoms. The van der Waals surface area contributed by atoms with Crippen LogP contribution in [0.4, 0.5) is 0 Å². The molecule has 1 saturated carbocycles. The average molecular weight is 158 g/mol. The van der Waals surface area contributed by atoms with Crippen LogP contribution in [0.15, 0.2) is 0 Å². The SMILES string of the molecule is CC1(CO)OC2(CC2)C[C@H]1O. The van der Waals surface area contributed by atoms with E-state index in [1.165, 1.54) is 0 Å². The maximum absolute atomic E-state index is 9.54. The molecule has 11 heavy (non-hydrogen) atoms. The normalized spacial score (nSPS) is 46.6. The molecule has 0 aromatic rings. The molecule has 1 unspecified atom stereocenters. The molecule has 0 aromatic heterocycles. The lowest BCUT2D eigenvalue weighted by molar-refractivity contribution is -0.106. The van der Waals surface area contributed by atoms with Crippen molar-refractivity contribution in [2.75, 3.05) is 6.61 Å². The molecule has 1 saturated heterocycles. The first kappa shape index (κ1) is 7.53. The highest BCUT2D eigenvalue weighted by atomic mass is 16.6. The minimum Gasteiger partial charge on any atom is -0.393 e. The van der Waals surface area contributed by atoms with Crippen LogP contribution in [0, 0.1) is 0 Å². The second-order valence-corrected chi connectivity index (χ2v) is 3.98. The van der Waals surface area contributed by atoms with E-state index >= 15 is 0 Å². The first-order valence-corrected chi connectivity index (χ1v) is 4.09. The lowest BCUT2D eigenvalue weighted by atomic mass is 9.99. The fourth-order valence-corrected chi connectivity index (χ4v) is 1.76. The summed E-state index contributed by atoms with van der Waals surface area (Å²) in [6.45, 7) is 1.68. The summed E-state index contributed by atoms with van der Waals surface area (Å²) in [5.41, 5.74) is -0.757. The second kappa shape index (κ2) is 1.97. The highest BCUT2D eigenvalue weighted by Crippen LogP contribution is 2.52. The van der Waals surface area contributed by atoms with Crippen molar-refractivity contribution in [3.63, 3.8) is 0 Å². The Balaban J connectivity index is 2.13. The zero-order valence-electron chi connectivity index (χ0n) is 6.71. The van der Waals surface area contributed by atoms with Crippen molar-refractivity contribution in [1.29, 1.82) is 0 Å². The summed E-state index contributed by atoms with van der Waals surface area (Å²) in [7, 11) is 0. The molecule has 3 heteroatoms. The van der Waals surface area contributed by atoms with Crippen molar-refractivity contribution in [2.24, 2.45) is 0 Å². The Bertz CT molecular complexity index is 176. The zero-order valence-corrected chi connectivity index (χ0v) is 6.71. The van der Waals surface area contributed by atoms with Crippen molar-refractivity contribution >= 4 is 0 Å². The van der Waals surface area contributed by atoms with Crippen LogP contribution >= 0.6 is 0 Å². The Morgan fingerprint density at radius 3 is 2.45 bits per heavy atom. The van der Waals surface area contributed by atoms with E-state index in [0.717, 1.165) is 12.8 Å². The summed E-state index contributed by atoms with van der Waals surface area (Å²) < 4.78 is 5.61. The standard InChI is InChI=1S/C8H14O3/c1-7(5-9)6(10)4-8(11-7)2-3-8/h6,9-10H,2-5H2,1H3/t6-,7?/m1/s1. The molecule has 1 spiro atoms. The molecule has 0 amide bonds. The van der Waals surface area contributed by atoms with Crippen LogP contribution in [0.2, 0.25) is 0 Å². The molecule has 2 atom stereocenters. The highest BCUT2D eigenvalue weighted by molar-refractivity contribution is 5.08. The maximum Gasteiger partial charge on any atom is 0.115 e. The molecule has 2 aliphatic rings. The summed E-state index contributed by atoms with van der Waals surface area (Å²) in [4.78, 5) is 0. The van der Waals surface area contributed by atoms with E-state index in [1.54, 1.807) is 6.92 Å². The molecule has 1 heterocycles. The molecule has 2 rings (SSSR count). The molecular weight excluding hydrogens is 144 g/mol. The number of rotatable bonds is 1. The number of hydrogen-bond acceptors (Lipinski definition) is 3. The van der Waals surface area contributed by atoms with Crippen molar-refractivity contribution < 1.29 is 14.9 Å². The summed E-state index contributed by atoms with van der Waals surface area (Å²) in [6.07, 6.45) is 2.29. The van der Waals surface area contributed by atoms with E-state index in [4.69, 9.17) is 9.84 Å². The van der Waals surface area contributed by atoms with Crippen LogP contribution in [0.5, 0.6) is 0 Å². The third-order valence-corrected chi connectivity index (χ3v) is 2.84. The van der Waals surface area contributed by atoms with Gasteiger partial charge in [-0.05, 0) is 19.8 Å². The monoisotopic (exact) mass is 158 g/mol. The van der Waals surface area contributed by atoms with Gasteiger partial charge in [0.15, 0.2) is 0 Å². The van der Waals surface area contributed by atoms with E-state index in [0.29, 0.717) is 6.42 Å². The van der Waals surface area contributed by atoms with Gasteiger partial charge in [-0.3, -0.25) is 0 Å². The largest absolute Gasteiger partial charge is 0.393 e. The Hall–Kier alpha value is -0.120. The third-order valence-electron chi connectivity index (χ3n) is 2.84. The first-order chi connectivity index (χ1) is 5.10. The van der Waals surface area contributed by atoms with Crippen LogP contribution < -0.4 is 0 Å². The predicted molar refractivity (Wildman–Crippen MR) is 39.2 cm³/mol. The van der Waals surface area contributed by atoms with Gasteiger partial charge in [-0.2, -0.15) is 0 Å². The quantitative estimate of drug-likeness (QED) is 0.567. The first-order valence-electron chi connectivity index (χ1n) is 4.09.